The minimum Gasteiger partial charge on any atom is -0.345 e. The number of aryl methyl sites for hydroxylation is 1. The molecule has 1 fully saturated rings. The van der Waals surface area contributed by atoms with Gasteiger partial charge in [0.15, 0.2) is 15.5 Å². The topological polar surface area (TPSA) is 71.6 Å². The SMILES string of the molecule is Cc1cn2cc(-n3cnc4sc(N5CCN(C)CC5)nc4c3=O)cc(C(F)(F)F)c2n1. The maximum absolute atomic E-state index is 13.6. The van der Waals surface area contributed by atoms with Gasteiger partial charge in [-0.2, -0.15) is 13.2 Å². The second-order valence-electron chi connectivity index (χ2n) is 7.58. The molecule has 5 rings (SSSR count). The average Bonchev–Trinajstić information content (AvgIpc) is 3.30. The number of likely N-dealkylation sites (N-methyl/N-ethyl adjacent to an activating group) is 1. The van der Waals surface area contributed by atoms with Crippen LogP contribution in [-0.4, -0.2) is 62.0 Å². The normalized spacial score (nSPS) is 16.0. The number of nitrogens with zero attached hydrogens (tertiary/aromatic N) is 7. The van der Waals surface area contributed by atoms with Crippen LogP contribution in [0.4, 0.5) is 18.3 Å². The Balaban J connectivity index is 1.63. The number of hydrogen-bond donors (Lipinski definition) is 0. The molecule has 0 aromatic carbocycles. The monoisotopic (exact) mass is 449 g/mol. The van der Waals surface area contributed by atoms with E-state index in [9.17, 15) is 18.0 Å². The number of aromatic nitrogens is 5. The summed E-state index contributed by atoms with van der Waals surface area (Å²) in [6, 6.07) is 0.921. The van der Waals surface area contributed by atoms with E-state index in [1.54, 1.807) is 6.92 Å². The molecular weight excluding hydrogens is 431 g/mol. The van der Waals surface area contributed by atoms with Gasteiger partial charge in [-0.1, -0.05) is 11.3 Å². The lowest BCUT2D eigenvalue weighted by Gasteiger charge is -2.31. The van der Waals surface area contributed by atoms with Gasteiger partial charge in [0.2, 0.25) is 0 Å². The van der Waals surface area contributed by atoms with E-state index in [1.807, 2.05) is 7.05 Å². The zero-order valence-electron chi connectivity index (χ0n) is 16.7. The number of thiazole rings is 1. The molecule has 0 spiro atoms. The molecule has 0 saturated carbocycles. The molecule has 8 nitrogen and oxygen atoms in total. The highest BCUT2D eigenvalue weighted by Gasteiger charge is 2.35. The van der Waals surface area contributed by atoms with Gasteiger partial charge >= 0.3 is 6.18 Å². The van der Waals surface area contributed by atoms with E-state index in [-0.39, 0.29) is 16.9 Å². The van der Waals surface area contributed by atoms with Gasteiger partial charge in [0.05, 0.1) is 11.4 Å². The van der Waals surface area contributed by atoms with Gasteiger partial charge in [-0.3, -0.25) is 9.36 Å². The van der Waals surface area contributed by atoms with Crippen molar-refractivity contribution in [3.8, 4) is 5.69 Å². The summed E-state index contributed by atoms with van der Waals surface area (Å²) in [7, 11) is 2.05. The minimum atomic E-state index is -4.62. The quantitative estimate of drug-likeness (QED) is 0.469. The Hall–Kier alpha value is -2.99. The first kappa shape index (κ1) is 19.9. The molecule has 1 saturated heterocycles. The number of halogens is 3. The van der Waals surface area contributed by atoms with Crippen LogP contribution in [0.3, 0.4) is 0 Å². The van der Waals surface area contributed by atoms with Crippen molar-refractivity contribution in [1.82, 2.24) is 28.8 Å². The van der Waals surface area contributed by atoms with E-state index in [1.165, 1.54) is 34.5 Å². The van der Waals surface area contributed by atoms with Crippen LogP contribution in [0.1, 0.15) is 11.3 Å². The smallest absolute Gasteiger partial charge is 0.345 e. The van der Waals surface area contributed by atoms with Crippen molar-refractivity contribution in [2.45, 2.75) is 13.1 Å². The van der Waals surface area contributed by atoms with E-state index < -0.39 is 17.3 Å². The second kappa shape index (κ2) is 7.02. The predicted octanol–water partition coefficient (Wildman–Crippen LogP) is 2.57. The third-order valence-electron chi connectivity index (χ3n) is 5.32. The molecule has 5 heterocycles. The number of hydrogen-bond acceptors (Lipinski definition) is 7. The Morgan fingerprint density at radius 1 is 1.10 bits per heavy atom. The Labute approximate surface area is 178 Å². The Morgan fingerprint density at radius 2 is 1.84 bits per heavy atom. The number of fused-ring (bicyclic) bond motifs is 2. The highest BCUT2D eigenvalue weighted by atomic mass is 32.1. The largest absolute Gasteiger partial charge is 0.420 e. The molecule has 0 aliphatic carbocycles. The number of anilines is 1. The molecule has 0 N–H and O–H groups in total. The average molecular weight is 449 g/mol. The van der Waals surface area contributed by atoms with E-state index >= 15 is 0 Å². The Kier molecular flexibility index (Phi) is 4.52. The maximum Gasteiger partial charge on any atom is 0.420 e. The van der Waals surface area contributed by atoms with Crippen LogP contribution in [0.25, 0.3) is 21.7 Å². The summed E-state index contributed by atoms with van der Waals surface area (Å²) in [4.78, 5) is 30.6. The first-order valence-corrected chi connectivity index (χ1v) is 10.4. The van der Waals surface area contributed by atoms with Gasteiger partial charge in [0.25, 0.3) is 5.56 Å². The lowest BCUT2D eigenvalue weighted by molar-refractivity contribution is -0.136. The van der Waals surface area contributed by atoms with Gasteiger partial charge in [-0.25, -0.2) is 15.0 Å². The third-order valence-corrected chi connectivity index (χ3v) is 6.35. The summed E-state index contributed by atoms with van der Waals surface area (Å²) in [6.45, 7) is 4.96. The van der Waals surface area contributed by atoms with Crippen LogP contribution in [0.5, 0.6) is 0 Å². The first-order valence-electron chi connectivity index (χ1n) is 9.59. The number of imidazole rings is 1. The van der Waals surface area contributed by atoms with Crippen LogP contribution in [-0.2, 0) is 6.18 Å². The van der Waals surface area contributed by atoms with Gasteiger partial charge < -0.3 is 14.2 Å². The fraction of sp³-hybridized carbons (Fsp3) is 0.368. The zero-order valence-corrected chi connectivity index (χ0v) is 17.5. The molecule has 0 amide bonds. The van der Waals surface area contributed by atoms with Crippen molar-refractivity contribution in [1.29, 1.82) is 0 Å². The fourth-order valence-corrected chi connectivity index (χ4v) is 4.62. The lowest BCUT2D eigenvalue weighted by Crippen LogP contribution is -2.44. The van der Waals surface area contributed by atoms with E-state index in [4.69, 9.17) is 0 Å². The van der Waals surface area contributed by atoms with Crippen LogP contribution in [0.15, 0.2) is 29.6 Å². The van der Waals surface area contributed by atoms with Crippen LogP contribution < -0.4 is 10.5 Å². The van der Waals surface area contributed by atoms with Crippen molar-refractivity contribution in [2.75, 3.05) is 38.1 Å². The van der Waals surface area contributed by atoms with Gasteiger partial charge in [0, 0.05) is 38.6 Å². The van der Waals surface area contributed by atoms with Crippen molar-refractivity contribution in [2.24, 2.45) is 0 Å². The number of rotatable bonds is 2. The molecule has 0 radical (unpaired) electrons. The summed E-state index contributed by atoms with van der Waals surface area (Å²) >= 11 is 1.31. The Morgan fingerprint density at radius 3 is 2.55 bits per heavy atom. The summed E-state index contributed by atoms with van der Waals surface area (Å²) in [5.74, 6) is 0. The molecular formula is C19H18F3N7OS. The molecule has 0 bridgehead atoms. The third kappa shape index (κ3) is 3.45. The van der Waals surface area contributed by atoms with E-state index in [0.29, 0.717) is 15.7 Å². The van der Waals surface area contributed by atoms with Crippen LogP contribution >= 0.6 is 11.3 Å². The molecule has 4 aromatic rings. The Bertz CT molecular complexity index is 1350. The van der Waals surface area contributed by atoms with Crippen molar-refractivity contribution in [3.05, 3.63) is 46.4 Å². The first-order chi connectivity index (χ1) is 14.7. The fourth-order valence-electron chi connectivity index (χ4n) is 3.67. The molecule has 0 unspecified atom stereocenters. The van der Waals surface area contributed by atoms with Crippen molar-refractivity contribution in [3.63, 3.8) is 0 Å². The van der Waals surface area contributed by atoms with Crippen molar-refractivity contribution < 1.29 is 13.2 Å². The standard InChI is InChI=1S/C19H18F3N7OS/c1-11-8-28-9-12(7-13(15(28)24-11)19(20,21)22)29-10-23-16-14(17(29)30)25-18(31-16)27-5-3-26(2)4-6-27/h7-10H,3-6H2,1-2H3. The molecule has 162 valence electrons. The van der Waals surface area contributed by atoms with Crippen molar-refractivity contribution >= 4 is 32.5 Å². The minimum absolute atomic E-state index is 0.0470. The maximum atomic E-state index is 13.6. The summed E-state index contributed by atoms with van der Waals surface area (Å²) < 4.78 is 43.3. The number of piperazine rings is 1. The van der Waals surface area contributed by atoms with Gasteiger partial charge in [-0.05, 0) is 20.0 Å². The van der Waals surface area contributed by atoms with Crippen LogP contribution in [0.2, 0.25) is 0 Å². The molecule has 1 aliphatic rings. The second-order valence-corrected chi connectivity index (χ2v) is 8.54. The zero-order chi connectivity index (χ0) is 21.9. The highest BCUT2D eigenvalue weighted by Crippen LogP contribution is 2.34. The predicted molar refractivity (Wildman–Crippen MR) is 111 cm³/mol. The summed E-state index contributed by atoms with van der Waals surface area (Å²) in [5, 5.41) is 0.696. The number of pyridine rings is 1. The summed E-state index contributed by atoms with van der Waals surface area (Å²) in [5.41, 5.74) is -0.989. The molecule has 12 heteroatoms. The molecule has 4 aromatic heterocycles. The molecule has 1 aliphatic heterocycles. The van der Waals surface area contributed by atoms with E-state index in [0.717, 1.165) is 36.8 Å². The van der Waals surface area contributed by atoms with Gasteiger partial charge in [0.1, 0.15) is 17.5 Å². The lowest BCUT2D eigenvalue weighted by atomic mass is 10.2. The molecule has 31 heavy (non-hydrogen) atoms. The van der Waals surface area contributed by atoms with Crippen LogP contribution in [0, 0.1) is 6.92 Å². The van der Waals surface area contributed by atoms with Gasteiger partial charge in [-0.15, -0.1) is 0 Å². The molecule has 0 atom stereocenters. The van der Waals surface area contributed by atoms with E-state index in [2.05, 4.69) is 24.8 Å². The number of alkyl halides is 3. The highest BCUT2D eigenvalue weighted by molar-refractivity contribution is 7.21. The summed E-state index contributed by atoms with van der Waals surface area (Å²) in [6.07, 6.45) is -0.445.